The zero-order chi connectivity index (χ0) is 9.35. The second-order valence-electron chi connectivity index (χ2n) is 2.61. The molecule has 1 N–H and O–H groups in total. The number of rotatable bonds is 2. The Balaban J connectivity index is 3.26. The highest BCUT2D eigenvalue weighted by molar-refractivity contribution is 8.13. The SMILES string of the molecule is CC(C)c1n[nH]nc1S(=O)(=O)Cl. The van der Waals surface area contributed by atoms with Crippen molar-refractivity contribution in [1.29, 1.82) is 0 Å². The average molecular weight is 210 g/mol. The lowest BCUT2D eigenvalue weighted by molar-refractivity contribution is 0.603. The molecule has 0 aromatic carbocycles. The van der Waals surface area contributed by atoms with E-state index in [1.807, 2.05) is 13.8 Å². The van der Waals surface area contributed by atoms with Gasteiger partial charge in [0.2, 0.25) is 5.03 Å². The van der Waals surface area contributed by atoms with Gasteiger partial charge in [0.05, 0.1) is 0 Å². The molecule has 1 heterocycles. The first-order chi connectivity index (χ1) is 5.43. The molecule has 0 aliphatic heterocycles. The van der Waals surface area contributed by atoms with Crippen LogP contribution in [0.5, 0.6) is 0 Å². The Morgan fingerprint density at radius 3 is 2.33 bits per heavy atom. The summed E-state index contributed by atoms with van der Waals surface area (Å²) in [6.07, 6.45) is 0. The van der Waals surface area contributed by atoms with Crippen molar-refractivity contribution in [2.45, 2.75) is 24.8 Å². The minimum atomic E-state index is -3.77. The lowest BCUT2D eigenvalue weighted by Gasteiger charge is -1.98. The number of hydrogen-bond donors (Lipinski definition) is 1. The summed E-state index contributed by atoms with van der Waals surface area (Å²) in [5.74, 6) is -0.0210. The third-order valence-electron chi connectivity index (χ3n) is 1.32. The van der Waals surface area contributed by atoms with Gasteiger partial charge in [-0.05, 0) is 0 Å². The molecule has 12 heavy (non-hydrogen) atoms. The van der Waals surface area contributed by atoms with Gasteiger partial charge >= 0.3 is 0 Å². The molecule has 0 bridgehead atoms. The summed E-state index contributed by atoms with van der Waals surface area (Å²) in [6.45, 7) is 3.62. The van der Waals surface area contributed by atoms with E-state index in [9.17, 15) is 8.42 Å². The standard InChI is InChI=1S/C5H8ClN3O2S/c1-3(2)4-5(8-9-7-4)12(6,10)11/h3H,1-2H3,(H,7,8,9). The molecule has 0 saturated heterocycles. The monoisotopic (exact) mass is 209 g/mol. The molecule has 0 radical (unpaired) electrons. The fourth-order valence-electron chi connectivity index (χ4n) is 0.785. The number of nitrogens with one attached hydrogen (secondary N) is 1. The molecular formula is C5H8ClN3O2S. The molecule has 7 heteroatoms. The van der Waals surface area contributed by atoms with Crippen LogP contribution < -0.4 is 0 Å². The lowest BCUT2D eigenvalue weighted by Crippen LogP contribution is -1.98. The zero-order valence-corrected chi connectivity index (χ0v) is 8.15. The molecule has 0 saturated carbocycles. The second kappa shape index (κ2) is 3.02. The maximum atomic E-state index is 10.9. The Morgan fingerprint density at radius 2 is 2.00 bits per heavy atom. The molecule has 0 amide bonds. The quantitative estimate of drug-likeness (QED) is 0.733. The molecule has 1 aromatic heterocycles. The van der Waals surface area contributed by atoms with E-state index < -0.39 is 9.05 Å². The van der Waals surface area contributed by atoms with E-state index in [0.29, 0.717) is 5.69 Å². The molecule has 5 nitrogen and oxygen atoms in total. The summed E-state index contributed by atoms with van der Waals surface area (Å²) >= 11 is 0. The van der Waals surface area contributed by atoms with Crippen molar-refractivity contribution in [3.63, 3.8) is 0 Å². The van der Waals surface area contributed by atoms with Crippen molar-refractivity contribution < 1.29 is 8.42 Å². The van der Waals surface area contributed by atoms with Crippen LogP contribution in [0, 0.1) is 0 Å². The molecular weight excluding hydrogens is 202 g/mol. The largest absolute Gasteiger partial charge is 0.282 e. The summed E-state index contributed by atoms with van der Waals surface area (Å²) in [4.78, 5) is 0. The van der Waals surface area contributed by atoms with Crippen LogP contribution in [-0.2, 0) is 9.05 Å². The first-order valence-electron chi connectivity index (χ1n) is 3.28. The van der Waals surface area contributed by atoms with Crippen LogP contribution in [0.25, 0.3) is 0 Å². The molecule has 0 unspecified atom stereocenters. The van der Waals surface area contributed by atoms with Gasteiger partial charge in [0.15, 0.2) is 0 Å². The summed E-state index contributed by atoms with van der Waals surface area (Å²) in [5.41, 5.74) is 0.366. The Kier molecular flexibility index (Phi) is 2.39. The van der Waals surface area contributed by atoms with E-state index >= 15 is 0 Å². The van der Waals surface area contributed by atoms with Gasteiger partial charge in [0.25, 0.3) is 9.05 Å². The molecule has 0 atom stereocenters. The van der Waals surface area contributed by atoms with E-state index in [4.69, 9.17) is 10.7 Å². The molecule has 68 valence electrons. The van der Waals surface area contributed by atoms with Crippen molar-refractivity contribution >= 4 is 19.7 Å². The van der Waals surface area contributed by atoms with Crippen molar-refractivity contribution in [3.05, 3.63) is 5.69 Å². The number of halogens is 1. The lowest BCUT2D eigenvalue weighted by atomic mass is 10.2. The van der Waals surface area contributed by atoms with Crippen LogP contribution in [0.2, 0.25) is 0 Å². The second-order valence-corrected chi connectivity index (χ2v) is 5.09. The smallest absolute Gasteiger partial charge is 0.205 e. The van der Waals surface area contributed by atoms with Gasteiger partial charge in [-0.25, -0.2) is 8.42 Å². The van der Waals surface area contributed by atoms with E-state index in [1.165, 1.54) is 0 Å². The van der Waals surface area contributed by atoms with E-state index in [1.54, 1.807) is 0 Å². The highest BCUT2D eigenvalue weighted by Crippen LogP contribution is 2.21. The van der Waals surface area contributed by atoms with Crippen LogP contribution in [0.3, 0.4) is 0 Å². The van der Waals surface area contributed by atoms with Gasteiger partial charge in [0.1, 0.15) is 5.69 Å². The summed E-state index contributed by atoms with van der Waals surface area (Å²) in [7, 11) is 1.33. The van der Waals surface area contributed by atoms with Crippen molar-refractivity contribution in [1.82, 2.24) is 15.4 Å². The Labute approximate surface area is 74.5 Å². The van der Waals surface area contributed by atoms with Gasteiger partial charge in [-0.1, -0.05) is 13.8 Å². The van der Waals surface area contributed by atoms with Crippen LogP contribution >= 0.6 is 10.7 Å². The van der Waals surface area contributed by atoms with Gasteiger partial charge in [-0.15, -0.1) is 5.10 Å². The predicted octanol–water partition coefficient (Wildman–Crippen LogP) is 0.856. The van der Waals surface area contributed by atoms with Gasteiger partial charge in [0, 0.05) is 16.6 Å². The Bertz CT molecular complexity index is 370. The molecule has 1 rings (SSSR count). The molecule has 0 aliphatic rings. The predicted molar refractivity (Wildman–Crippen MR) is 43.5 cm³/mol. The third-order valence-corrected chi connectivity index (χ3v) is 2.52. The number of hydrogen-bond acceptors (Lipinski definition) is 4. The number of aromatic nitrogens is 3. The first kappa shape index (κ1) is 9.47. The normalized spacial score (nSPS) is 12.3. The van der Waals surface area contributed by atoms with Crippen LogP contribution in [0.1, 0.15) is 25.5 Å². The van der Waals surface area contributed by atoms with E-state index in [-0.39, 0.29) is 10.9 Å². The van der Waals surface area contributed by atoms with E-state index in [2.05, 4.69) is 15.4 Å². The van der Waals surface area contributed by atoms with E-state index in [0.717, 1.165) is 0 Å². The van der Waals surface area contributed by atoms with Crippen molar-refractivity contribution in [3.8, 4) is 0 Å². The van der Waals surface area contributed by atoms with Gasteiger partial charge < -0.3 is 0 Å². The van der Waals surface area contributed by atoms with Gasteiger partial charge in [-0.3, -0.25) is 0 Å². The number of nitrogens with zero attached hydrogens (tertiary/aromatic N) is 2. The molecule has 0 aliphatic carbocycles. The number of H-pyrrole nitrogens is 1. The molecule has 0 fully saturated rings. The van der Waals surface area contributed by atoms with Crippen LogP contribution in [0.4, 0.5) is 0 Å². The van der Waals surface area contributed by atoms with Crippen molar-refractivity contribution in [2.24, 2.45) is 0 Å². The Hall–Kier alpha value is -0.620. The highest BCUT2D eigenvalue weighted by Gasteiger charge is 2.22. The van der Waals surface area contributed by atoms with Crippen LogP contribution in [0.15, 0.2) is 5.03 Å². The Morgan fingerprint density at radius 1 is 1.42 bits per heavy atom. The minimum absolute atomic E-state index is 0.0210. The first-order valence-corrected chi connectivity index (χ1v) is 5.59. The van der Waals surface area contributed by atoms with Gasteiger partial charge in [-0.2, -0.15) is 10.3 Å². The third kappa shape index (κ3) is 1.75. The average Bonchev–Trinajstić information content (AvgIpc) is 2.30. The topological polar surface area (TPSA) is 75.7 Å². The van der Waals surface area contributed by atoms with Crippen LogP contribution in [-0.4, -0.2) is 23.8 Å². The molecule has 1 aromatic rings. The maximum Gasteiger partial charge on any atom is 0.282 e. The fraction of sp³-hybridized carbons (Fsp3) is 0.600. The maximum absolute atomic E-state index is 10.9. The minimum Gasteiger partial charge on any atom is -0.205 e. The zero-order valence-electron chi connectivity index (χ0n) is 6.57. The summed E-state index contributed by atoms with van der Waals surface area (Å²) in [6, 6.07) is 0. The molecule has 0 spiro atoms. The highest BCUT2D eigenvalue weighted by atomic mass is 35.7. The van der Waals surface area contributed by atoms with Crippen molar-refractivity contribution in [2.75, 3.05) is 0 Å². The summed E-state index contributed by atoms with van der Waals surface area (Å²) < 4.78 is 21.7. The fourth-order valence-corrected chi connectivity index (χ4v) is 1.81. The number of aromatic amines is 1. The summed E-state index contributed by atoms with van der Waals surface area (Å²) in [5, 5.41) is 9.18.